The number of carbonyl (C=O) groups is 1. The summed E-state index contributed by atoms with van der Waals surface area (Å²) < 4.78 is 15.5. The van der Waals surface area contributed by atoms with Gasteiger partial charge in [-0.2, -0.15) is 0 Å². The molecule has 6 heteroatoms. The van der Waals surface area contributed by atoms with Crippen molar-refractivity contribution in [3.63, 3.8) is 0 Å². The molecule has 2 rings (SSSR count). The van der Waals surface area contributed by atoms with Crippen molar-refractivity contribution < 1.29 is 19.0 Å². The van der Waals surface area contributed by atoms with Gasteiger partial charge in [-0.3, -0.25) is 4.79 Å². The van der Waals surface area contributed by atoms with Crippen LogP contribution in [-0.2, 0) is 11.2 Å². The van der Waals surface area contributed by atoms with E-state index in [1.807, 2.05) is 0 Å². The first-order valence-electron chi connectivity index (χ1n) is 6.91. The van der Waals surface area contributed by atoms with E-state index in [-0.39, 0.29) is 12.3 Å². The molecule has 122 valence electrons. The second-order valence-corrected chi connectivity index (χ2v) is 5.17. The second kappa shape index (κ2) is 7.74. The molecule has 0 saturated heterocycles. The number of methoxy groups -OCH3 is 3. The van der Waals surface area contributed by atoms with E-state index < -0.39 is 0 Å². The normalized spacial score (nSPS) is 10.1. The van der Waals surface area contributed by atoms with Gasteiger partial charge in [-0.15, -0.1) is 0 Å². The molecule has 0 heterocycles. The van der Waals surface area contributed by atoms with E-state index >= 15 is 0 Å². The van der Waals surface area contributed by atoms with E-state index in [1.54, 1.807) is 57.7 Å². The molecule has 1 N–H and O–H groups in total. The third-order valence-corrected chi connectivity index (χ3v) is 3.54. The topological polar surface area (TPSA) is 56.8 Å². The second-order valence-electron chi connectivity index (χ2n) is 4.76. The van der Waals surface area contributed by atoms with Crippen molar-refractivity contribution in [1.82, 2.24) is 0 Å². The highest BCUT2D eigenvalue weighted by Gasteiger charge is 2.09. The fraction of sp³-hybridized carbons (Fsp3) is 0.235. The van der Waals surface area contributed by atoms with Crippen LogP contribution in [0.3, 0.4) is 0 Å². The zero-order valence-electron chi connectivity index (χ0n) is 13.2. The van der Waals surface area contributed by atoms with Crippen molar-refractivity contribution in [3.05, 3.63) is 47.0 Å². The van der Waals surface area contributed by atoms with Crippen LogP contribution < -0.4 is 19.5 Å². The lowest BCUT2D eigenvalue weighted by molar-refractivity contribution is -0.115. The van der Waals surface area contributed by atoms with Gasteiger partial charge in [0.15, 0.2) is 11.5 Å². The van der Waals surface area contributed by atoms with Crippen molar-refractivity contribution >= 4 is 23.2 Å². The van der Waals surface area contributed by atoms with Crippen molar-refractivity contribution in [3.8, 4) is 17.2 Å². The Hall–Kier alpha value is -2.40. The molecule has 0 radical (unpaired) electrons. The molecular formula is C17H18ClNO4. The minimum atomic E-state index is -0.154. The Labute approximate surface area is 140 Å². The van der Waals surface area contributed by atoms with Gasteiger partial charge in [-0.1, -0.05) is 17.7 Å². The highest BCUT2D eigenvalue weighted by molar-refractivity contribution is 6.32. The molecule has 0 atom stereocenters. The van der Waals surface area contributed by atoms with E-state index in [9.17, 15) is 4.79 Å². The summed E-state index contributed by atoms with van der Waals surface area (Å²) in [5, 5.41) is 3.29. The fourth-order valence-electron chi connectivity index (χ4n) is 2.12. The van der Waals surface area contributed by atoms with Crippen LogP contribution in [0.1, 0.15) is 5.56 Å². The molecule has 23 heavy (non-hydrogen) atoms. The summed E-state index contributed by atoms with van der Waals surface area (Å²) in [6.45, 7) is 0. The first kappa shape index (κ1) is 17.0. The molecule has 0 aliphatic rings. The third-order valence-electron chi connectivity index (χ3n) is 3.25. The van der Waals surface area contributed by atoms with E-state index in [1.165, 1.54) is 0 Å². The Balaban J connectivity index is 2.06. The van der Waals surface area contributed by atoms with Crippen LogP contribution in [0, 0.1) is 0 Å². The summed E-state index contributed by atoms with van der Waals surface area (Å²) in [7, 11) is 4.65. The molecule has 2 aromatic rings. The van der Waals surface area contributed by atoms with Crippen LogP contribution in [0.2, 0.25) is 5.02 Å². The molecule has 2 aromatic carbocycles. The maximum Gasteiger partial charge on any atom is 0.228 e. The molecule has 5 nitrogen and oxygen atoms in total. The van der Waals surface area contributed by atoms with Gasteiger partial charge < -0.3 is 19.5 Å². The number of hydrogen-bond acceptors (Lipinski definition) is 4. The van der Waals surface area contributed by atoms with Crippen LogP contribution in [-0.4, -0.2) is 27.2 Å². The lowest BCUT2D eigenvalue weighted by Gasteiger charge is -2.11. The van der Waals surface area contributed by atoms with Gasteiger partial charge in [0.25, 0.3) is 0 Å². The maximum absolute atomic E-state index is 12.1. The SMILES string of the molecule is COc1ccc(CC(=O)Nc2ccc(OC)c(OC)c2)cc1Cl. The van der Waals surface area contributed by atoms with Gasteiger partial charge in [-0.25, -0.2) is 0 Å². The average Bonchev–Trinajstić information content (AvgIpc) is 2.54. The van der Waals surface area contributed by atoms with Gasteiger partial charge >= 0.3 is 0 Å². The standard InChI is InChI=1S/C17H18ClNO4/c1-21-14-6-4-11(8-13(14)18)9-17(20)19-12-5-7-15(22-2)16(10-12)23-3/h4-8,10H,9H2,1-3H3,(H,19,20). The summed E-state index contributed by atoms with van der Waals surface area (Å²) in [4.78, 5) is 12.1. The summed E-state index contributed by atoms with van der Waals surface area (Å²) in [5.41, 5.74) is 1.43. The van der Waals surface area contributed by atoms with Crippen LogP contribution in [0.5, 0.6) is 17.2 Å². The Bertz CT molecular complexity index is 703. The average molecular weight is 336 g/mol. The smallest absolute Gasteiger partial charge is 0.228 e. The predicted octanol–water partition coefficient (Wildman–Crippen LogP) is 3.55. The lowest BCUT2D eigenvalue weighted by atomic mass is 10.1. The van der Waals surface area contributed by atoms with Gasteiger partial charge in [-0.05, 0) is 29.8 Å². The van der Waals surface area contributed by atoms with Gasteiger partial charge in [0, 0.05) is 11.8 Å². The molecule has 0 saturated carbocycles. The molecule has 0 spiro atoms. The first-order chi connectivity index (χ1) is 11.1. The van der Waals surface area contributed by atoms with Gasteiger partial charge in [0.1, 0.15) is 5.75 Å². The predicted molar refractivity (Wildman–Crippen MR) is 89.9 cm³/mol. The molecule has 0 aliphatic heterocycles. The van der Waals surface area contributed by atoms with Crippen molar-refractivity contribution in [2.24, 2.45) is 0 Å². The molecule has 0 fully saturated rings. The number of benzene rings is 2. The van der Waals surface area contributed by atoms with E-state index in [0.29, 0.717) is 28.0 Å². The van der Waals surface area contributed by atoms with Crippen LogP contribution in [0.15, 0.2) is 36.4 Å². The van der Waals surface area contributed by atoms with Crippen molar-refractivity contribution in [2.45, 2.75) is 6.42 Å². The summed E-state index contributed by atoms with van der Waals surface area (Å²) in [5.74, 6) is 1.58. The Morgan fingerprint density at radius 3 is 2.22 bits per heavy atom. The van der Waals surface area contributed by atoms with Crippen LogP contribution >= 0.6 is 11.6 Å². The molecule has 0 aromatic heterocycles. The zero-order valence-corrected chi connectivity index (χ0v) is 13.9. The maximum atomic E-state index is 12.1. The van der Waals surface area contributed by atoms with Crippen molar-refractivity contribution in [2.75, 3.05) is 26.6 Å². The summed E-state index contributed by atoms with van der Waals surface area (Å²) >= 11 is 6.06. The van der Waals surface area contributed by atoms with Gasteiger partial charge in [0.05, 0.1) is 32.8 Å². The molecular weight excluding hydrogens is 318 g/mol. The van der Waals surface area contributed by atoms with Crippen molar-refractivity contribution in [1.29, 1.82) is 0 Å². The van der Waals surface area contributed by atoms with E-state index in [4.69, 9.17) is 25.8 Å². The monoisotopic (exact) mass is 335 g/mol. The highest BCUT2D eigenvalue weighted by Crippen LogP contribution is 2.30. The number of nitrogens with one attached hydrogen (secondary N) is 1. The third kappa shape index (κ3) is 4.29. The number of carbonyl (C=O) groups excluding carboxylic acids is 1. The number of hydrogen-bond donors (Lipinski definition) is 1. The highest BCUT2D eigenvalue weighted by atomic mass is 35.5. The number of amides is 1. The fourth-order valence-corrected chi connectivity index (χ4v) is 2.40. The van der Waals surface area contributed by atoms with E-state index in [2.05, 4.69) is 5.32 Å². The Kier molecular flexibility index (Phi) is 5.71. The quantitative estimate of drug-likeness (QED) is 0.877. The Morgan fingerprint density at radius 1 is 0.957 bits per heavy atom. The summed E-state index contributed by atoms with van der Waals surface area (Å²) in [6, 6.07) is 10.4. The minimum absolute atomic E-state index is 0.154. The number of halogens is 1. The largest absolute Gasteiger partial charge is 0.495 e. The molecule has 1 amide bonds. The van der Waals surface area contributed by atoms with Gasteiger partial charge in [0.2, 0.25) is 5.91 Å². The number of rotatable bonds is 6. The molecule has 0 aliphatic carbocycles. The molecule has 0 bridgehead atoms. The van der Waals surface area contributed by atoms with E-state index in [0.717, 1.165) is 5.56 Å². The number of ether oxygens (including phenoxy) is 3. The lowest BCUT2D eigenvalue weighted by Crippen LogP contribution is -2.14. The minimum Gasteiger partial charge on any atom is -0.495 e. The molecule has 0 unspecified atom stereocenters. The summed E-state index contributed by atoms with van der Waals surface area (Å²) in [6.07, 6.45) is 0.206. The zero-order chi connectivity index (χ0) is 16.8. The van der Waals surface area contributed by atoms with Crippen LogP contribution in [0.25, 0.3) is 0 Å². The number of anilines is 1. The van der Waals surface area contributed by atoms with Crippen LogP contribution in [0.4, 0.5) is 5.69 Å². The first-order valence-corrected chi connectivity index (χ1v) is 7.29. The Morgan fingerprint density at radius 2 is 1.61 bits per heavy atom.